The largest absolute Gasteiger partial charge is 0.417 e. The quantitative estimate of drug-likeness (QED) is 0.331. The topological polar surface area (TPSA) is 72.1 Å². The van der Waals surface area contributed by atoms with Gasteiger partial charge in [-0.15, -0.1) is 0 Å². The van der Waals surface area contributed by atoms with Crippen LogP contribution in [0.4, 0.5) is 19.0 Å². The summed E-state index contributed by atoms with van der Waals surface area (Å²) in [6.07, 6.45) is -2.01. The minimum absolute atomic E-state index is 0.0847. The van der Waals surface area contributed by atoms with Crippen LogP contribution in [0.15, 0.2) is 66.9 Å². The maximum Gasteiger partial charge on any atom is 0.417 e. The van der Waals surface area contributed by atoms with E-state index in [1.165, 1.54) is 11.6 Å². The highest BCUT2D eigenvalue weighted by Gasteiger charge is 2.34. The Hall–Kier alpha value is -3.94. The maximum atomic E-state index is 14.0. The number of hydrogen-bond donors (Lipinski definition) is 1. The molecule has 0 aliphatic heterocycles. The minimum atomic E-state index is -4.47. The number of fused-ring (bicyclic) bond motifs is 2. The second-order valence-electron chi connectivity index (χ2n) is 9.69. The van der Waals surface area contributed by atoms with Gasteiger partial charge in [-0.2, -0.15) is 13.2 Å². The van der Waals surface area contributed by atoms with Gasteiger partial charge in [-0.05, 0) is 78.8 Å². The lowest BCUT2D eigenvalue weighted by Gasteiger charge is -2.38. The molecule has 0 fully saturated rings. The van der Waals surface area contributed by atoms with Gasteiger partial charge in [-0.3, -0.25) is 9.78 Å². The van der Waals surface area contributed by atoms with Crippen molar-refractivity contribution in [2.75, 3.05) is 5.73 Å². The molecule has 37 heavy (non-hydrogen) atoms. The number of rotatable bonds is 4. The predicted octanol–water partition coefficient (Wildman–Crippen LogP) is 6.82. The van der Waals surface area contributed by atoms with Crippen LogP contribution >= 0.6 is 0 Å². The summed E-state index contributed by atoms with van der Waals surface area (Å²) in [5.41, 5.74) is 9.75. The Kier molecular flexibility index (Phi) is 6.35. The van der Waals surface area contributed by atoms with E-state index in [2.05, 4.69) is 23.0 Å². The van der Waals surface area contributed by atoms with Gasteiger partial charge in [0.25, 0.3) is 5.91 Å². The number of nitrogens with two attached hydrogens (primary N) is 1. The molecule has 4 aromatic rings. The van der Waals surface area contributed by atoms with Gasteiger partial charge in [0.15, 0.2) is 0 Å². The van der Waals surface area contributed by atoms with Gasteiger partial charge in [-0.25, -0.2) is 4.98 Å². The van der Waals surface area contributed by atoms with Gasteiger partial charge < -0.3 is 10.6 Å². The third kappa shape index (κ3) is 4.88. The van der Waals surface area contributed by atoms with E-state index < -0.39 is 11.7 Å². The van der Waals surface area contributed by atoms with E-state index in [9.17, 15) is 18.0 Å². The fourth-order valence-electron chi connectivity index (χ4n) is 5.09. The summed E-state index contributed by atoms with van der Waals surface area (Å²) in [6, 6.07) is 17.4. The molecule has 0 spiro atoms. The molecule has 2 heterocycles. The summed E-state index contributed by atoms with van der Waals surface area (Å²) < 4.78 is 39.3. The van der Waals surface area contributed by atoms with E-state index in [1.807, 2.05) is 31.2 Å². The Morgan fingerprint density at radius 2 is 1.81 bits per heavy atom. The molecule has 1 aliphatic carbocycles. The summed E-state index contributed by atoms with van der Waals surface area (Å²) in [5.74, 6) is 0.579. The van der Waals surface area contributed by atoms with Gasteiger partial charge >= 0.3 is 6.18 Å². The fraction of sp³-hybridized carbons (Fsp3) is 0.276. The summed E-state index contributed by atoms with van der Waals surface area (Å²) in [7, 11) is 0. The molecule has 2 atom stereocenters. The Morgan fingerprint density at radius 1 is 1.05 bits per heavy atom. The zero-order valence-corrected chi connectivity index (χ0v) is 20.6. The van der Waals surface area contributed by atoms with Crippen LogP contribution in [0.3, 0.4) is 0 Å². The molecule has 0 saturated heterocycles. The number of benzene rings is 2. The van der Waals surface area contributed by atoms with Crippen molar-refractivity contribution in [2.24, 2.45) is 0 Å². The number of amides is 1. The maximum absolute atomic E-state index is 14.0. The Balaban J connectivity index is 1.56. The third-order valence-electron chi connectivity index (χ3n) is 7.17. The molecule has 1 aliphatic rings. The van der Waals surface area contributed by atoms with Crippen LogP contribution in [0.2, 0.25) is 0 Å². The van der Waals surface area contributed by atoms with Gasteiger partial charge in [0.2, 0.25) is 0 Å². The van der Waals surface area contributed by atoms with E-state index in [4.69, 9.17) is 5.73 Å². The Morgan fingerprint density at radius 3 is 2.51 bits per heavy atom. The van der Waals surface area contributed by atoms with Crippen molar-refractivity contribution in [3.8, 4) is 0 Å². The molecule has 5 nitrogen and oxygen atoms in total. The van der Waals surface area contributed by atoms with E-state index in [0.29, 0.717) is 28.5 Å². The molecule has 0 bridgehead atoms. The lowest BCUT2D eigenvalue weighted by atomic mass is 9.80. The molecule has 2 N–H and O–H groups in total. The van der Waals surface area contributed by atoms with Crippen LogP contribution < -0.4 is 5.73 Å². The highest BCUT2D eigenvalue weighted by atomic mass is 19.4. The third-order valence-corrected chi connectivity index (χ3v) is 7.17. The molecule has 8 heteroatoms. The number of nitrogens with zero attached hydrogens (tertiary/aromatic N) is 3. The first-order valence-electron chi connectivity index (χ1n) is 12.2. The Labute approximate surface area is 213 Å². The molecule has 0 saturated carbocycles. The molecule has 0 unspecified atom stereocenters. The molecule has 0 radical (unpaired) electrons. The monoisotopic (exact) mass is 504 g/mol. The van der Waals surface area contributed by atoms with Crippen LogP contribution in [-0.4, -0.2) is 20.8 Å². The van der Waals surface area contributed by atoms with Gasteiger partial charge in [0.05, 0.1) is 29.4 Å². The zero-order chi connectivity index (χ0) is 26.3. The lowest BCUT2D eigenvalue weighted by Crippen LogP contribution is -2.37. The van der Waals surface area contributed by atoms with Crippen molar-refractivity contribution in [2.45, 2.75) is 51.4 Å². The van der Waals surface area contributed by atoms with Crippen molar-refractivity contribution < 1.29 is 18.0 Å². The predicted molar refractivity (Wildman–Crippen MR) is 137 cm³/mol. The van der Waals surface area contributed by atoms with Crippen molar-refractivity contribution in [3.63, 3.8) is 0 Å². The van der Waals surface area contributed by atoms with Gasteiger partial charge in [0, 0.05) is 17.1 Å². The molecular weight excluding hydrogens is 477 g/mol. The van der Waals surface area contributed by atoms with Crippen molar-refractivity contribution in [1.82, 2.24) is 14.9 Å². The molecule has 2 aromatic heterocycles. The van der Waals surface area contributed by atoms with Crippen molar-refractivity contribution in [3.05, 3.63) is 100 Å². The highest BCUT2D eigenvalue weighted by Crippen LogP contribution is 2.41. The van der Waals surface area contributed by atoms with E-state index in [-0.39, 0.29) is 18.5 Å². The van der Waals surface area contributed by atoms with Crippen LogP contribution in [-0.2, 0) is 12.7 Å². The number of pyridine rings is 2. The van der Waals surface area contributed by atoms with Crippen LogP contribution in [0, 0.1) is 6.92 Å². The lowest BCUT2D eigenvalue weighted by molar-refractivity contribution is -0.137. The molecular formula is C29H27F3N4O. The van der Waals surface area contributed by atoms with Crippen LogP contribution in [0.5, 0.6) is 0 Å². The summed E-state index contributed by atoms with van der Waals surface area (Å²) in [6.45, 7) is 4.11. The van der Waals surface area contributed by atoms with Gasteiger partial charge in [0.1, 0.15) is 5.82 Å². The molecule has 190 valence electrons. The summed E-state index contributed by atoms with van der Waals surface area (Å²) in [5, 5.41) is 0.794. The second kappa shape index (κ2) is 9.50. The van der Waals surface area contributed by atoms with Crippen LogP contribution in [0.25, 0.3) is 10.9 Å². The fourth-order valence-corrected chi connectivity index (χ4v) is 5.09. The SMILES string of the molecule is Cc1cc2cc(C(=O)N(Cc3ccc(C(F)(F)F)cn3)[C@H]3CC[C@@H](C)c4ccccc43)ccc2nc1N. The Bertz CT molecular complexity index is 1470. The first-order chi connectivity index (χ1) is 17.6. The summed E-state index contributed by atoms with van der Waals surface area (Å²) in [4.78, 5) is 24.2. The molecule has 1 amide bonds. The number of carbonyl (C=O) groups is 1. The number of anilines is 1. The number of carbonyl (C=O) groups excluding carboxylic acids is 1. The summed E-state index contributed by atoms with van der Waals surface area (Å²) >= 11 is 0. The van der Waals surface area contributed by atoms with Gasteiger partial charge in [-0.1, -0.05) is 31.2 Å². The average molecular weight is 505 g/mol. The zero-order valence-electron chi connectivity index (χ0n) is 20.6. The van der Waals surface area contributed by atoms with Crippen molar-refractivity contribution in [1.29, 1.82) is 0 Å². The van der Waals surface area contributed by atoms with E-state index in [1.54, 1.807) is 23.1 Å². The molecule has 5 rings (SSSR count). The number of aryl methyl sites for hydroxylation is 1. The normalized spacial score (nSPS) is 17.4. The average Bonchev–Trinajstić information content (AvgIpc) is 2.88. The van der Waals surface area contributed by atoms with E-state index >= 15 is 0 Å². The smallest absolute Gasteiger partial charge is 0.383 e. The number of hydrogen-bond acceptors (Lipinski definition) is 4. The first kappa shape index (κ1) is 24.7. The number of nitrogen functional groups attached to an aromatic ring is 1. The number of alkyl halides is 3. The van der Waals surface area contributed by atoms with Crippen LogP contribution in [0.1, 0.15) is 70.0 Å². The second-order valence-corrected chi connectivity index (χ2v) is 9.69. The highest BCUT2D eigenvalue weighted by molar-refractivity contribution is 5.98. The van der Waals surface area contributed by atoms with E-state index in [0.717, 1.165) is 41.6 Å². The first-order valence-corrected chi connectivity index (χ1v) is 12.2. The van der Waals surface area contributed by atoms with Crippen molar-refractivity contribution >= 4 is 22.6 Å². The standard InChI is InChI=1S/C29H27F3N4O/c1-17-7-12-26(24-6-4-3-5-23(17)24)36(16-22-10-9-21(15-34-22)29(30,31)32)28(37)19-8-11-25-20(14-19)13-18(2)27(33)35-25/h3-6,8-11,13-15,17,26H,7,12,16H2,1-2H3,(H2,33,35)/t17-,26+/m1/s1. The minimum Gasteiger partial charge on any atom is -0.383 e. The number of halogens is 3. The molecule has 2 aromatic carbocycles. The number of aromatic nitrogens is 2.